The molecule has 6 nitrogen and oxygen atoms in total. The maximum atomic E-state index is 13.3. The number of hydrogen-bond acceptors (Lipinski definition) is 4. The van der Waals surface area contributed by atoms with Gasteiger partial charge in [-0.05, 0) is 56.0 Å². The van der Waals surface area contributed by atoms with Crippen molar-refractivity contribution in [3.05, 3.63) is 53.1 Å². The number of benzene rings is 2. The second-order valence-corrected chi connectivity index (χ2v) is 9.34. The molecular weight excluding hydrogens is 434 g/mol. The van der Waals surface area contributed by atoms with Crippen LogP contribution in [0.5, 0.6) is 0 Å². The molecule has 0 unspecified atom stereocenters. The Labute approximate surface area is 190 Å². The lowest BCUT2D eigenvalue weighted by Gasteiger charge is -2.36. The molecule has 162 valence electrons. The lowest BCUT2D eigenvalue weighted by atomic mass is 10.1. The SMILES string of the molecule is Cc1ccc(NC(=O)CN2C(=O)[C@@H](C(=O)N3CCCCC3)Sc3ccccc32)cc1Cl. The number of nitrogens with zero attached hydrogens (tertiary/aromatic N) is 2. The van der Waals surface area contributed by atoms with E-state index in [-0.39, 0.29) is 24.3 Å². The molecule has 2 aromatic carbocycles. The maximum Gasteiger partial charge on any atom is 0.250 e. The van der Waals surface area contributed by atoms with Crippen molar-refractivity contribution in [1.29, 1.82) is 0 Å². The number of halogens is 1. The Morgan fingerprint density at radius 3 is 2.61 bits per heavy atom. The van der Waals surface area contributed by atoms with E-state index in [0.29, 0.717) is 29.5 Å². The summed E-state index contributed by atoms with van der Waals surface area (Å²) in [5.41, 5.74) is 2.13. The molecule has 3 amide bonds. The van der Waals surface area contributed by atoms with Crippen molar-refractivity contribution in [1.82, 2.24) is 4.90 Å². The topological polar surface area (TPSA) is 69.7 Å². The Hall–Kier alpha value is -2.51. The summed E-state index contributed by atoms with van der Waals surface area (Å²) in [5.74, 6) is -0.865. The largest absolute Gasteiger partial charge is 0.341 e. The molecule has 4 rings (SSSR count). The number of thioether (sulfide) groups is 1. The second kappa shape index (κ2) is 9.32. The molecule has 1 N–H and O–H groups in total. The number of fused-ring (bicyclic) bond motifs is 1. The van der Waals surface area contributed by atoms with Crippen LogP contribution in [0.2, 0.25) is 5.02 Å². The minimum atomic E-state index is -0.866. The number of likely N-dealkylation sites (tertiary alicyclic amines) is 1. The Bertz CT molecular complexity index is 1020. The molecule has 1 saturated heterocycles. The highest BCUT2D eigenvalue weighted by Gasteiger charge is 2.40. The highest BCUT2D eigenvalue weighted by molar-refractivity contribution is 8.01. The van der Waals surface area contributed by atoms with Crippen LogP contribution < -0.4 is 10.2 Å². The third kappa shape index (κ3) is 4.72. The molecule has 31 heavy (non-hydrogen) atoms. The third-order valence-corrected chi connectivity index (χ3v) is 7.19. The molecule has 2 aliphatic heterocycles. The molecule has 0 aliphatic carbocycles. The molecule has 2 aliphatic rings. The molecule has 2 heterocycles. The van der Waals surface area contributed by atoms with Crippen LogP contribution in [-0.4, -0.2) is 47.5 Å². The number of piperidine rings is 1. The number of amides is 3. The third-order valence-electron chi connectivity index (χ3n) is 5.54. The number of para-hydroxylation sites is 1. The van der Waals surface area contributed by atoms with E-state index in [4.69, 9.17) is 11.6 Å². The number of carbonyl (C=O) groups is 3. The first-order valence-electron chi connectivity index (χ1n) is 10.4. The highest BCUT2D eigenvalue weighted by Crippen LogP contribution is 2.40. The number of aryl methyl sites for hydroxylation is 1. The highest BCUT2D eigenvalue weighted by atomic mass is 35.5. The van der Waals surface area contributed by atoms with Gasteiger partial charge in [-0.15, -0.1) is 11.8 Å². The van der Waals surface area contributed by atoms with Gasteiger partial charge in [0.1, 0.15) is 6.54 Å². The van der Waals surface area contributed by atoms with E-state index < -0.39 is 5.25 Å². The first kappa shape index (κ1) is 21.7. The van der Waals surface area contributed by atoms with Crippen molar-refractivity contribution in [2.75, 3.05) is 29.9 Å². The molecule has 0 saturated carbocycles. The molecule has 1 atom stereocenters. The van der Waals surface area contributed by atoms with Crippen molar-refractivity contribution in [2.24, 2.45) is 0 Å². The van der Waals surface area contributed by atoms with Crippen molar-refractivity contribution in [3.8, 4) is 0 Å². The summed E-state index contributed by atoms with van der Waals surface area (Å²) < 4.78 is 0. The van der Waals surface area contributed by atoms with Crippen LogP contribution in [0.3, 0.4) is 0 Å². The standard InChI is InChI=1S/C23H24ClN3O3S/c1-15-9-10-16(13-17(15)24)25-20(28)14-27-18-7-3-4-8-19(18)31-21(23(27)30)22(29)26-11-5-2-6-12-26/h3-4,7-10,13,21H,2,5-6,11-12,14H2,1H3,(H,25,28)/t21-/m1/s1. The maximum absolute atomic E-state index is 13.3. The summed E-state index contributed by atoms with van der Waals surface area (Å²) in [6.07, 6.45) is 3.02. The van der Waals surface area contributed by atoms with Crippen molar-refractivity contribution in [3.63, 3.8) is 0 Å². The predicted octanol–water partition coefficient (Wildman–Crippen LogP) is 4.11. The zero-order valence-corrected chi connectivity index (χ0v) is 18.8. The molecule has 1 fully saturated rings. The Morgan fingerprint density at radius 2 is 1.87 bits per heavy atom. The fourth-order valence-electron chi connectivity index (χ4n) is 3.83. The average molecular weight is 458 g/mol. The quantitative estimate of drug-likeness (QED) is 0.701. The summed E-state index contributed by atoms with van der Waals surface area (Å²) in [4.78, 5) is 43.2. The normalized spacial score (nSPS) is 18.5. The van der Waals surface area contributed by atoms with Crippen LogP contribution in [-0.2, 0) is 14.4 Å². The van der Waals surface area contributed by atoms with Gasteiger partial charge in [-0.2, -0.15) is 0 Å². The minimum absolute atomic E-state index is 0.167. The molecular formula is C23H24ClN3O3S. The first-order chi connectivity index (χ1) is 14.9. The van der Waals surface area contributed by atoms with Crippen molar-refractivity contribution in [2.45, 2.75) is 36.3 Å². The van der Waals surface area contributed by atoms with Crippen molar-refractivity contribution < 1.29 is 14.4 Å². The van der Waals surface area contributed by atoms with Crippen LogP contribution in [0, 0.1) is 6.92 Å². The Kier molecular flexibility index (Phi) is 6.53. The summed E-state index contributed by atoms with van der Waals surface area (Å²) in [6.45, 7) is 3.07. The molecule has 8 heteroatoms. The van der Waals surface area contributed by atoms with Gasteiger partial charge in [0.05, 0.1) is 5.69 Å². The number of hydrogen-bond donors (Lipinski definition) is 1. The number of rotatable bonds is 4. The molecule has 0 aromatic heterocycles. The van der Waals surface area contributed by atoms with E-state index in [0.717, 1.165) is 29.7 Å². The molecule has 0 spiro atoms. The van der Waals surface area contributed by atoms with E-state index in [1.54, 1.807) is 23.1 Å². The van der Waals surface area contributed by atoms with E-state index in [2.05, 4.69) is 5.32 Å². The van der Waals surface area contributed by atoms with Crippen LogP contribution in [0.1, 0.15) is 24.8 Å². The smallest absolute Gasteiger partial charge is 0.250 e. The van der Waals surface area contributed by atoms with Gasteiger partial charge in [0.15, 0.2) is 5.25 Å². The Morgan fingerprint density at radius 1 is 1.13 bits per heavy atom. The number of anilines is 2. The van der Waals surface area contributed by atoms with Crippen molar-refractivity contribution >= 4 is 52.5 Å². The zero-order valence-electron chi connectivity index (χ0n) is 17.3. The monoisotopic (exact) mass is 457 g/mol. The van der Waals surface area contributed by atoms with E-state index >= 15 is 0 Å². The molecule has 0 radical (unpaired) electrons. The lowest BCUT2D eigenvalue weighted by molar-refractivity contribution is -0.135. The first-order valence-corrected chi connectivity index (χ1v) is 11.6. The van der Waals surface area contributed by atoms with Gasteiger partial charge >= 0.3 is 0 Å². The lowest BCUT2D eigenvalue weighted by Crippen LogP contribution is -2.52. The van der Waals surface area contributed by atoms with Gasteiger partial charge < -0.3 is 15.1 Å². The van der Waals surface area contributed by atoms with Gasteiger partial charge in [-0.25, -0.2) is 0 Å². The van der Waals surface area contributed by atoms with Gasteiger partial charge in [0.25, 0.3) is 5.91 Å². The number of carbonyl (C=O) groups excluding carboxylic acids is 3. The summed E-state index contributed by atoms with van der Waals surface area (Å²) in [5, 5.41) is 2.49. The summed E-state index contributed by atoms with van der Waals surface area (Å²) >= 11 is 7.42. The zero-order chi connectivity index (χ0) is 22.0. The fraction of sp³-hybridized carbons (Fsp3) is 0.348. The summed E-state index contributed by atoms with van der Waals surface area (Å²) in [6, 6.07) is 12.7. The van der Waals surface area contributed by atoms with Gasteiger partial charge in [0, 0.05) is 28.7 Å². The molecule has 0 bridgehead atoms. The van der Waals surface area contributed by atoms with Gasteiger partial charge in [-0.1, -0.05) is 29.8 Å². The minimum Gasteiger partial charge on any atom is -0.341 e. The summed E-state index contributed by atoms with van der Waals surface area (Å²) in [7, 11) is 0. The van der Waals surface area contributed by atoms with Crippen LogP contribution in [0.25, 0.3) is 0 Å². The van der Waals surface area contributed by atoms with Gasteiger partial charge in [0.2, 0.25) is 11.8 Å². The van der Waals surface area contributed by atoms with Crippen LogP contribution in [0.4, 0.5) is 11.4 Å². The second-order valence-electron chi connectivity index (χ2n) is 7.79. The van der Waals surface area contributed by atoms with E-state index in [1.165, 1.54) is 16.7 Å². The molecule has 2 aromatic rings. The van der Waals surface area contributed by atoms with Crippen LogP contribution >= 0.6 is 23.4 Å². The average Bonchev–Trinajstić information content (AvgIpc) is 2.78. The van der Waals surface area contributed by atoms with Crippen LogP contribution in [0.15, 0.2) is 47.4 Å². The van der Waals surface area contributed by atoms with E-state index in [9.17, 15) is 14.4 Å². The number of nitrogens with one attached hydrogen (secondary N) is 1. The predicted molar refractivity (Wildman–Crippen MR) is 124 cm³/mol. The van der Waals surface area contributed by atoms with E-state index in [1.807, 2.05) is 31.2 Å². The fourth-order valence-corrected chi connectivity index (χ4v) is 5.20. The Balaban J connectivity index is 1.54. The van der Waals surface area contributed by atoms with Gasteiger partial charge in [-0.3, -0.25) is 14.4 Å².